The number of amides is 2. The van der Waals surface area contributed by atoms with E-state index >= 15 is 0 Å². The van der Waals surface area contributed by atoms with Crippen molar-refractivity contribution in [3.63, 3.8) is 0 Å². The third kappa shape index (κ3) is 6.27. The maximum atomic E-state index is 11.3. The molecule has 2 saturated heterocycles. The second kappa shape index (κ2) is 10.4. The van der Waals surface area contributed by atoms with Gasteiger partial charge in [0.2, 0.25) is 0 Å². The van der Waals surface area contributed by atoms with Gasteiger partial charge in [-0.1, -0.05) is 19.1 Å². The van der Waals surface area contributed by atoms with E-state index in [4.69, 9.17) is 10.7 Å². The lowest BCUT2D eigenvalue weighted by molar-refractivity contribution is 0.188. The van der Waals surface area contributed by atoms with Gasteiger partial charge in [0.15, 0.2) is 5.96 Å². The van der Waals surface area contributed by atoms with Crippen molar-refractivity contribution in [1.29, 1.82) is 0 Å². The average molecular weight is 401 g/mol. The van der Waals surface area contributed by atoms with E-state index in [1.165, 1.54) is 24.1 Å². The lowest BCUT2D eigenvalue weighted by Gasteiger charge is -2.32. The Hall–Kier alpha value is -2.44. The molecular formula is C22H36N6O. The summed E-state index contributed by atoms with van der Waals surface area (Å²) < 4.78 is 0. The van der Waals surface area contributed by atoms with Gasteiger partial charge in [0, 0.05) is 44.5 Å². The van der Waals surface area contributed by atoms with Crippen molar-refractivity contribution in [3.05, 3.63) is 29.8 Å². The molecule has 1 aromatic carbocycles. The predicted molar refractivity (Wildman–Crippen MR) is 119 cm³/mol. The number of hydrogen-bond donors (Lipinski definition) is 3. The molecule has 7 heteroatoms. The molecule has 0 aliphatic carbocycles. The normalized spacial score (nSPS) is 19.3. The van der Waals surface area contributed by atoms with Gasteiger partial charge in [-0.2, -0.15) is 0 Å². The van der Waals surface area contributed by atoms with Crippen LogP contribution < -0.4 is 21.3 Å². The van der Waals surface area contributed by atoms with Crippen LogP contribution in [0.2, 0.25) is 0 Å². The summed E-state index contributed by atoms with van der Waals surface area (Å²) >= 11 is 0. The highest BCUT2D eigenvalue weighted by atomic mass is 16.2. The summed E-state index contributed by atoms with van der Waals surface area (Å²) in [6.07, 6.45) is 4.33. The maximum absolute atomic E-state index is 11.3. The zero-order valence-electron chi connectivity index (χ0n) is 17.9. The summed E-state index contributed by atoms with van der Waals surface area (Å²) in [7, 11) is 0. The van der Waals surface area contributed by atoms with E-state index in [-0.39, 0.29) is 6.03 Å². The van der Waals surface area contributed by atoms with E-state index in [0.29, 0.717) is 25.7 Å². The third-order valence-corrected chi connectivity index (χ3v) is 6.00. The first kappa shape index (κ1) is 21.3. The molecule has 0 radical (unpaired) electrons. The molecule has 2 heterocycles. The molecule has 0 unspecified atom stereocenters. The van der Waals surface area contributed by atoms with Crippen molar-refractivity contribution in [2.45, 2.75) is 52.1 Å². The Morgan fingerprint density at radius 2 is 1.76 bits per heavy atom. The Morgan fingerprint density at radius 1 is 1.10 bits per heavy atom. The number of likely N-dealkylation sites (tertiary alicyclic amines) is 1. The first-order valence-corrected chi connectivity index (χ1v) is 11.0. The number of rotatable bonds is 5. The van der Waals surface area contributed by atoms with Crippen LogP contribution in [0.15, 0.2) is 29.3 Å². The third-order valence-electron chi connectivity index (χ3n) is 6.00. The summed E-state index contributed by atoms with van der Waals surface area (Å²) in [6, 6.07) is 8.80. The minimum Gasteiger partial charge on any atom is -0.372 e. The molecule has 2 aliphatic heterocycles. The van der Waals surface area contributed by atoms with Crippen molar-refractivity contribution in [1.82, 2.24) is 15.5 Å². The van der Waals surface area contributed by atoms with E-state index in [1.54, 1.807) is 4.90 Å². The Kier molecular flexibility index (Phi) is 7.61. The number of anilines is 1. The molecule has 2 fully saturated rings. The summed E-state index contributed by atoms with van der Waals surface area (Å²) in [5.41, 5.74) is 7.89. The van der Waals surface area contributed by atoms with E-state index in [2.05, 4.69) is 53.6 Å². The van der Waals surface area contributed by atoms with Crippen LogP contribution in [-0.4, -0.2) is 55.7 Å². The minimum atomic E-state index is -0.327. The maximum Gasteiger partial charge on any atom is 0.314 e. The van der Waals surface area contributed by atoms with Gasteiger partial charge in [-0.05, 0) is 56.2 Å². The molecule has 1 aromatic rings. The lowest BCUT2D eigenvalue weighted by Crippen LogP contribution is -2.50. The first-order valence-electron chi connectivity index (χ1n) is 11.0. The van der Waals surface area contributed by atoms with Crippen molar-refractivity contribution >= 4 is 17.7 Å². The second-order valence-corrected chi connectivity index (χ2v) is 8.28. The van der Waals surface area contributed by atoms with Crippen molar-refractivity contribution in [2.75, 3.05) is 37.6 Å². The van der Waals surface area contributed by atoms with Crippen LogP contribution in [-0.2, 0) is 6.54 Å². The van der Waals surface area contributed by atoms with Crippen LogP contribution >= 0.6 is 0 Å². The number of aliphatic imine (C=N–C) groups is 1. The van der Waals surface area contributed by atoms with Crippen molar-refractivity contribution in [2.24, 2.45) is 16.6 Å². The molecule has 2 aliphatic rings. The number of piperidine rings is 2. The zero-order chi connectivity index (χ0) is 20.6. The number of primary amides is 1. The SMILES string of the molecule is CCNC(=NCc1ccc(N2CCC(C)CC2)cc1)NC1CCN(C(N)=O)CC1. The van der Waals surface area contributed by atoms with Gasteiger partial charge in [0.1, 0.15) is 0 Å². The topological polar surface area (TPSA) is 86.0 Å². The molecular weight excluding hydrogens is 364 g/mol. The van der Waals surface area contributed by atoms with Crippen molar-refractivity contribution in [3.8, 4) is 0 Å². The van der Waals surface area contributed by atoms with Gasteiger partial charge in [-0.15, -0.1) is 0 Å². The average Bonchev–Trinajstić information content (AvgIpc) is 2.73. The summed E-state index contributed by atoms with van der Waals surface area (Å²) in [5, 5.41) is 6.83. The largest absolute Gasteiger partial charge is 0.372 e. The van der Waals surface area contributed by atoms with Crippen LogP contribution in [0.1, 0.15) is 45.1 Å². The van der Waals surface area contributed by atoms with Gasteiger partial charge in [-0.25, -0.2) is 9.79 Å². The standard InChI is InChI=1S/C22H36N6O/c1-3-24-22(26-19-10-14-28(15-11-19)21(23)29)25-16-18-4-6-20(7-5-18)27-12-8-17(2)9-13-27/h4-7,17,19H,3,8-16H2,1-2H3,(H2,23,29)(H2,24,25,26). The van der Waals surface area contributed by atoms with Crippen LogP contribution in [0.4, 0.5) is 10.5 Å². The van der Waals surface area contributed by atoms with Crippen LogP contribution in [0, 0.1) is 5.92 Å². The Morgan fingerprint density at radius 3 is 2.34 bits per heavy atom. The lowest BCUT2D eigenvalue weighted by atomic mass is 9.99. The molecule has 29 heavy (non-hydrogen) atoms. The fraction of sp³-hybridized carbons (Fsp3) is 0.636. The molecule has 160 valence electrons. The highest BCUT2D eigenvalue weighted by Crippen LogP contribution is 2.23. The van der Waals surface area contributed by atoms with E-state index in [1.807, 2.05) is 0 Å². The quantitative estimate of drug-likeness (QED) is 0.524. The smallest absolute Gasteiger partial charge is 0.314 e. The fourth-order valence-electron chi connectivity index (χ4n) is 4.01. The molecule has 0 atom stereocenters. The molecule has 0 saturated carbocycles. The first-order chi connectivity index (χ1) is 14.0. The van der Waals surface area contributed by atoms with Crippen LogP contribution in [0.5, 0.6) is 0 Å². The number of nitrogens with one attached hydrogen (secondary N) is 2. The highest BCUT2D eigenvalue weighted by Gasteiger charge is 2.21. The van der Waals surface area contributed by atoms with E-state index in [9.17, 15) is 4.79 Å². The number of carbonyl (C=O) groups is 1. The Labute approximate surface area is 174 Å². The second-order valence-electron chi connectivity index (χ2n) is 8.28. The van der Waals surface area contributed by atoms with Crippen LogP contribution in [0.3, 0.4) is 0 Å². The Bertz CT molecular complexity index is 673. The predicted octanol–water partition coefficient (Wildman–Crippen LogP) is 2.52. The number of nitrogens with two attached hydrogens (primary N) is 1. The molecule has 0 spiro atoms. The van der Waals surface area contributed by atoms with E-state index in [0.717, 1.165) is 44.4 Å². The number of nitrogens with zero attached hydrogens (tertiary/aromatic N) is 3. The van der Waals surface area contributed by atoms with Gasteiger partial charge in [0.05, 0.1) is 6.54 Å². The molecule has 0 aromatic heterocycles. The number of urea groups is 1. The van der Waals surface area contributed by atoms with Gasteiger partial charge in [0.25, 0.3) is 0 Å². The van der Waals surface area contributed by atoms with Crippen LogP contribution in [0.25, 0.3) is 0 Å². The fourth-order valence-corrected chi connectivity index (χ4v) is 4.01. The molecule has 2 amide bonds. The monoisotopic (exact) mass is 400 g/mol. The number of guanidine groups is 1. The highest BCUT2D eigenvalue weighted by molar-refractivity contribution is 5.80. The molecule has 4 N–H and O–H groups in total. The van der Waals surface area contributed by atoms with E-state index < -0.39 is 0 Å². The summed E-state index contributed by atoms with van der Waals surface area (Å²) in [4.78, 5) is 20.2. The number of hydrogen-bond acceptors (Lipinski definition) is 3. The van der Waals surface area contributed by atoms with Crippen molar-refractivity contribution < 1.29 is 4.79 Å². The Balaban J connectivity index is 1.52. The molecule has 0 bridgehead atoms. The summed E-state index contributed by atoms with van der Waals surface area (Å²) in [6.45, 7) is 9.58. The van der Waals surface area contributed by atoms with Gasteiger partial charge < -0.3 is 26.2 Å². The number of carbonyl (C=O) groups excluding carboxylic acids is 1. The summed E-state index contributed by atoms with van der Waals surface area (Å²) in [5.74, 6) is 1.68. The minimum absolute atomic E-state index is 0.312. The van der Waals surface area contributed by atoms with Gasteiger partial charge in [-0.3, -0.25) is 0 Å². The molecule has 7 nitrogen and oxygen atoms in total. The molecule has 3 rings (SSSR count). The van der Waals surface area contributed by atoms with Gasteiger partial charge >= 0.3 is 6.03 Å². The number of benzene rings is 1. The zero-order valence-corrected chi connectivity index (χ0v) is 17.9.